The van der Waals surface area contributed by atoms with E-state index < -0.39 is 18.2 Å². The van der Waals surface area contributed by atoms with E-state index in [9.17, 15) is 4.79 Å². The van der Waals surface area contributed by atoms with Crippen LogP contribution in [0.2, 0.25) is 5.02 Å². The van der Waals surface area contributed by atoms with Gasteiger partial charge in [0.15, 0.2) is 0 Å². The standard InChI is InChI=1S/C25H22ClN5O4/c1-33-19-7-5-6-16(14-19)23-22(35-25(32)31(23)18-12-10-17(26)11-13-18)15-30-28-24(27-29-30)20-8-3-4-9-21(20)34-2/h3-14,22-23H,15H2,1-2H3/t22-,23-/m0/s1. The number of aromatic nitrogens is 4. The Bertz CT molecular complexity index is 1340. The zero-order valence-corrected chi connectivity index (χ0v) is 19.8. The SMILES string of the molecule is COc1cccc([C@H]2[C@H](Cn3nnc(-c4ccccc4OC)n3)OC(=O)N2c2ccc(Cl)cc2)c1. The second-order valence-electron chi connectivity index (χ2n) is 7.86. The van der Waals surface area contributed by atoms with Crippen molar-refractivity contribution in [2.75, 3.05) is 19.1 Å². The van der Waals surface area contributed by atoms with Gasteiger partial charge < -0.3 is 14.2 Å². The number of tetrazole rings is 1. The van der Waals surface area contributed by atoms with Crippen LogP contribution in [0.1, 0.15) is 11.6 Å². The Morgan fingerprint density at radius 2 is 1.80 bits per heavy atom. The van der Waals surface area contributed by atoms with Gasteiger partial charge in [0.1, 0.15) is 30.2 Å². The van der Waals surface area contributed by atoms with Crippen molar-refractivity contribution in [3.8, 4) is 22.9 Å². The molecule has 0 N–H and O–H groups in total. The number of hydrogen-bond donors (Lipinski definition) is 0. The molecule has 0 unspecified atom stereocenters. The number of methoxy groups -OCH3 is 2. The first-order valence-electron chi connectivity index (χ1n) is 10.9. The largest absolute Gasteiger partial charge is 0.497 e. The number of benzene rings is 3. The van der Waals surface area contributed by atoms with Gasteiger partial charge in [0, 0.05) is 10.7 Å². The Labute approximate surface area is 206 Å². The number of ether oxygens (including phenoxy) is 3. The van der Waals surface area contributed by atoms with Crippen LogP contribution >= 0.6 is 11.6 Å². The first-order valence-corrected chi connectivity index (χ1v) is 11.3. The molecule has 0 spiro atoms. The maximum Gasteiger partial charge on any atom is 0.415 e. The van der Waals surface area contributed by atoms with Crippen LogP contribution in [-0.4, -0.2) is 46.6 Å². The second-order valence-corrected chi connectivity index (χ2v) is 8.29. The second kappa shape index (κ2) is 9.63. The van der Waals surface area contributed by atoms with Gasteiger partial charge in [0.2, 0.25) is 5.82 Å². The van der Waals surface area contributed by atoms with Crippen LogP contribution in [0.4, 0.5) is 10.5 Å². The average molecular weight is 492 g/mol. The summed E-state index contributed by atoms with van der Waals surface area (Å²) in [6.45, 7) is 0.194. The third kappa shape index (κ3) is 4.50. The fourth-order valence-electron chi connectivity index (χ4n) is 4.14. The number of carbonyl (C=O) groups is 1. The Balaban J connectivity index is 1.49. The summed E-state index contributed by atoms with van der Waals surface area (Å²) in [5.74, 6) is 1.73. The van der Waals surface area contributed by atoms with Crippen LogP contribution < -0.4 is 14.4 Å². The van der Waals surface area contributed by atoms with Gasteiger partial charge in [-0.25, -0.2) is 4.79 Å². The quantitative estimate of drug-likeness (QED) is 0.367. The van der Waals surface area contributed by atoms with Crippen molar-refractivity contribution in [1.29, 1.82) is 0 Å². The molecule has 2 heterocycles. The highest BCUT2D eigenvalue weighted by molar-refractivity contribution is 6.30. The van der Waals surface area contributed by atoms with Crippen molar-refractivity contribution in [2.24, 2.45) is 0 Å². The normalized spacial score (nSPS) is 17.3. The number of amides is 1. The lowest BCUT2D eigenvalue weighted by atomic mass is 9.99. The summed E-state index contributed by atoms with van der Waals surface area (Å²) < 4.78 is 16.6. The van der Waals surface area contributed by atoms with E-state index in [4.69, 9.17) is 25.8 Å². The zero-order valence-electron chi connectivity index (χ0n) is 19.0. The molecular weight excluding hydrogens is 470 g/mol. The van der Waals surface area contributed by atoms with Crippen LogP contribution in [0.15, 0.2) is 72.8 Å². The molecule has 1 aliphatic rings. The van der Waals surface area contributed by atoms with Crippen LogP contribution in [0.3, 0.4) is 0 Å². The molecule has 0 aliphatic carbocycles. The predicted octanol–water partition coefficient (Wildman–Crippen LogP) is 4.78. The van der Waals surface area contributed by atoms with Gasteiger partial charge >= 0.3 is 6.09 Å². The van der Waals surface area contributed by atoms with Gasteiger partial charge in [0.25, 0.3) is 0 Å². The monoisotopic (exact) mass is 491 g/mol. The zero-order chi connectivity index (χ0) is 24.4. The molecule has 35 heavy (non-hydrogen) atoms. The van der Waals surface area contributed by atoms with Crippen LogP contribution in [-0.2, 0) is 11.3 Å². The smallest absolute Gasteiger partial charge is 0.415 e. The Morgan fingerprint density at radius 1 is 1.00 bits per heavy atom. The minimum atomic E-state index is -0.593. The number of anilines is 1. The summed E-state index contributed by atoms with van der Waals surface area (Å²) in [4.78, 5) is 16.1. The molecule has 5 rings (SSSR count). The molecule has 10 heteroatoms. The number of hydrogen-bond acceptors (Lipinski definition) is 7. The van der Waals surface area contributed by atoms with E-state index in [1.807, 2.05) is 48.5 Å². The van der Waals surface area contributed by atoms with E-state index in [-0.39, 0.29) is 6.54 Å². The van der Waals surface area contributed by atoms with Gasteiger partial charge in [0.05, 0.1) is 19.8 Å². The molecule has 9 nitrogen and oxygen atoms in total. The number of nitrogens with zero attached hydrogens (tertiary/aromatic N) is 5. The average Bonchev–Trinajstić information content (AvgIpc) is 3.48. The van der Waals surface area contributed by atoms with E-state index in [0.717, 1.165) is 11.1 Å². The third-order valence-electron chi connectivity index (χ3n) is 5.76. The number of rotatable bonds is 7. The van der Waals surface area contributed by atoms with Crippen molar-refractivity contribution >= 4 is 23.4 Å². The van der Waals surface area contributed by atoms with Crippen LogP contribution in [0.25, 0.3) is 11.4 Å². The molecule has 1 saturated heterocycles. The van der Waals surface area contributed by atoms with E-state index in [1.54, 1.807) is 43.4 Å². The first kappa shape index (κ1) is 22.7. The van der Waals surface area contributed by atoms with Gasteiger partial charge in [-0.2, -0.15) is 4.80 Å². The highest BCUT2D eigenvalue weighted by Gasteiger charge is 2.44. The fraction of sp³-hybridized carbons (Fsp3) is 0.200. The minimum Gasteiger partial charge on any atom is -0.497 e. The van der Waals surface area contributed by atoms with E-state index in [2.05, 4.69) is 15.4 Å². The number of para-hydroxylation sites is 1. The number of carbonyl (C=O) groups excluding carboxylic acids is 1. The first-order chi connectivity index (χ1) is 17.1. The van der Waals surface area contributed by atoms with Crippen LogP contribution in [0.5, 0.6) is 11.5 Å². The molecule has 2 atom stereocenters. The molecule has 0 saturated carbocycles. The van der Waals surface area contributed by atoms with E-state index in [0.29, 0.717) is 28.0 Å². The highest BCUT2D eigenvalue weighted by Crippen LogP contribution is 2.39. The molecule has 0 bridgehead atoms. The fourth-order valence-corrected chi connectivity index (χ4v) is 4.27. The number of halogens is 1. The molecule has 1 aromatic heterocycles. The lowest BCUT2D eigenvalue weighted by Crippen LogP contribution is -2.31. The van der Waals surface area contributed by atoms with Gasteiger partial charge in [-0.1, -0.05) is 35.9 Å². The lowest BCUT2D eigenvalue weighted by molar-refractivity contribution is 0.114. The van der Waals surface area contributed by atoms with Gasteiger partial charge in [-0.05, 0) is 59.3 Å². The predicted molar refractivity (Wildman–Crippen MR) is 130 cm³/mol. The molecule has 3 aromatic carbocycles. The minimum absolute atomic E-state index is 0.194. The summed E-state index contributed by atoms with van der Waals surface area (Å²) in [6, 6.07) is 21.6. The summed E-state index contributed by atoms with van der Waals surface area (Å²) in [5, 5.41) is 13.5. The molecule has 1 amide bonds. The Kier molecular flexibility index (Phi) is 6.24. The van der Waals surface area contributed by atoms with Crippen molar-refractivity contribution < 1.29 is 19.0 Å². The van der Waals surface area contributed by atoms with Crippen LogP contribution in [0, 0.1) is 0 Å². The summed E-state index contributed by atoms with van der Waals surface area (Å²) in [5.41, 5.74) is 2.23. The summed E-state index contributed by atoms with van der Waals surface area (Å²) in [7, 11) is 3.19. The Hall–Kier alpha value is -4.11. The maximum absolute atomic E-state index is 13.1. The van der Waals surface area contributed by atoms with Crippen molar-refractivity contribution in [1.82, 2.24) is 20.2 Å². The molecule has 1 fully saturated rings. The molecule has 1 aliphatic heterocycles. The summed E-state index contributed by atoms with van der Waals surface area (Å²) in [6.07, 6.45) is -1.07. The summed E-state index contributed by atoms with van der Waals surface area (Å²) >= 11 is 6.07. The molecule has 4 aromatic rings. The number of cyclic esters (lactones) is 1. The molecule has 178 valence electrons. The lowest BCUT2D eigenvalue weighted by Gasteiger charge is -2.25. The molecular formula is C25H22ClN5O4. The Morgan fingerprint density at radius 3 is 2.57 bits per heavy atom. The topological polar surface area (TPSA) is 91.6 Å². The van der Waals surface area contributed by atoms with Gasteiger partial charge in [-0.3, -0.25) is 4.90 Å². The molecule has 0 radical (unpaired) electrons. The third-order valence-corrected chi connectivity index (χ3v) is 6.02. The van der Waals surface area contributed by atoms with E-state index in [1.165, 1.54) is 4.80 Å². The van der Waals surface area contributed by atoms with Crippen molar-refractivity contribution in [3.05, 3.63) is 83.4 Å². The van der Waals surface area contributed by atoms with Crippen molar-refractivity contribution in [2.45, 2.75) is 18.7 Å². The maximum atomic E-state index is 13.1. The highest BCUT2D eigenvalue weighted by atomic mass is 35.5. The van der Waals surface area contributed by atoms with E-state index >= 15 is 0 Å². The van der Waals surface area contributed by atoms with Gasteiger partial charge in [-0.15, -0.1) is 10.2 Å². The van der Waals surface area contributed by atoms with Crippen molar-refractivity contribution in [3.63, 3.8) is 0 Å².